The number of carbonyl (C=O) groups is 1. The number of fused-ring (bicyclic) bond motifs is 1. The topological polar surface area (TPSA) is 93.4 Å². The van der Waals surface area contributed by atoms with Crippen LogP contribution in [-0.4, -0.2) is 53.2 Å². The number of pyridine rings is 1. The molecule has 1 aliphatic rings. The molecule has 0 bridgehead atoms. The van der Waals surface area contributed by atoms with Gasteiger partial charge in [-0.25, -0.2) is 9.97 Å². The highest BCUT2D eigenvalue weighted by molar-refractivity contribution is 5.96. The van der Waals surface area contributed by atoms with E-state index in [1.165, 1.54) is 0 Å². The van der Waals surface area contributed by atoms with Crippen LogP contribution < -0.4 is 10.2 Å². The van der Waals surface area contributed by atoms with E-state index in [2.05, 4.69) is 20.3 Å². The molecular formula is C23H21N5O3. The molecule has 0 aliphatic carbocycles. The Morgan fingerprint density at radius 1 is 1.03 bits per heavy atom. The van der Waals surface area contributed by atoms with E-state index in [-0.39, 0.29) is 11.9 Å². The van der Waals surface area contributed by atoms with Crippen LogP contribution in [0.15, 0.2) is 71.7 Å². The second-order valence-electron chi connectivity index (χ2n) is 7.31. The number of hydrogen-bond donors (Lipinski definition) is 1. The maximum Gasteiger partial charge on any atom is 0.251 e. The van der Waals surface area contributed by atoms with Crippen molar-refractivity contribution in [1.29, 1.82) is 0 Å². The van der Waals surface area contributed by atoms with Crippen LogP contribution in [-0.2, 0) is 4.74 Å². The summed E-state index contributed by atoms with van der Waals surface area (Å²) in [6.07, 6.45) is 6.79. The first-order valence-electron chi connectivity index (χ1n) is 10.1. The van der Waals surface area contributed by atoms with Gasteiger partial charge in [0.15, 0.2) is 0 Å². The average Bonchev–Trinajstić information content (AvgIpc) is 3.19. The Labute approximate surface area is 178 Å². The number of hydrogen-bond acceptors (Lipinski definition) is 7. The number of nitrogens with one attached hydrogen (secondary N) is 1. The van der Waals surface area contributed by atoms with E-state index < -0.39 is 0 Å². The van der Waals surface area contributed by atoms with Gasteiger partial charge in [0.25, 0.3) is 5.91 Å². The van der Waals surface area contributed by atoms with Gasteiger partial charge in [0, 0.05) is 48.2 Å². The molecular weight excluding hydrogens is 394 g/mol. The van der Waals surface area contributed by atoms with Gasteiger partial charge in [-0.05, 0) is 30.3 Å². The molecule has 3 aromatic heterocycles. The Balaban J connectivity index is 1.29. The van der Waals surface area contributed by atoms with Crippen LogP contribution in [0.2, 0.25) is 0 Å². The molecule has 156 valence electrons. The van der Waals surface area contributed by atoms with Gasteiger partial charge >= 0.3 is 0 Å². The van der Waals surface area contributed by atoms with Crippen molar-refractivity contribution in [2.45, 2.75) is 6.04 Å². The van der Waals surface area contributed by atoms with Crippen LogP contribution in [0.3, 0.4) is 0 Å². The number of aromatic nitrogens is 3. The SMILES string of the molecule is O=C(N[C@H]1COCCN(c2ncccn2)C1)c1ccc(-c2nccc3occc23)cc1. The predicted molar refractivity (Wildman–Crippen MR) is 116 cm³/mol. The summed E-state index contributed by atoms with van der Waals surface area (Å²) in [7, 11) is 0. The van der Waals surface area contributed by atoms with Gasteiger partial charge in [-0.2, -0.15) is 0 Å². The van der Waals surface area contributed by atoms with Crippen molar-refractivity contribution in [3.8, 4) is 11.3 Å². The molecule has 1 N–H and O–H groups in total. The monoisotopic (exact) mass is 415 g/mol. The smallest absolute Gasteiger partial charge is 0.251 e. The summed E-state index contributed by atoms with van der Waals surface area (Å²) in [5, 5.41) is 4.01. The molecule has 0 saturated carbocycles. The number of carbonyl (C=O) groups excluding carboxylic acids is 1. The third-order valence-electron chi connectivity index (χ3n) is 5.24. The zero-order chi connectivity index (χ0) is 21.0. The largest absolute Gasteiger partial charge is 0.464 e. The number of rotatable bonds is 4. The van der Waals surface area contributed by atoms with E-state index in [1.54, 1.807) is 43.1 Å². The van der Waals surface area contributed by atoms with Gasteiger partial charge in [-0.3, -0.25) is 9.78 Å². The Morgan fingerprint density at radius 2 is 1.87 bits per heavy atom. The first-order chi connectivity index (χ1) is 15.3. The van der Waals surface area contributed by atoms with Crippen molar-refractivity contribution in [2.75, 3.05) is 31.2 Å². The Kier molecular flexibility index (Phi) is 5.28. The summed E-state index contributed by atoms with van der Waals surface area (Å²) in [5.41, 5.74) is 3.12. The Bertz CT molecular complexity index is 1180. The van der Waals surface area contributed by atoms with E-state index in [4.69, 9.17) is 9.15 Å². The Morgan fingerprint density at radius 3 is 2.71 bits per heavy atom. The number of ether oxygens (including phenoxy) is 1. The quantitative estimate of drug-likeness (QED) is 0.548. The highest BCUT2D eigenvalue weighted by Crippen LogP contribution is 2.27. The summed E-state index contributed by atoms with van der Waals surface area (Å²) in [6, 6.07) is 12.8. The number of nitrogens with zero attached hydrogens (tertiary/aromatic N) is 4. The fourth-order valence-electron chi connectivity index (χ4n) is 3.71. The lowest BCUT2D eigenvalue weighted by Crippen LogP contribution is -2.45. The molecule has 0 radical (unpaired) electrons. The number of benzene rings is 1. The standard InChI is InChI=1S/C23H21N5O3/c29-22(27-18-14-28(11-13-30-15-18)23-25-8-1-9-26-23)17-4-2-16(3-5-17)21-19-7-12-31-20(19)6-10-24-21/h1-10,12,18H,11,13-15H2,(H,27,29)/t18-/m1/s1. The van der Waals surface area contributed by atoms with E-state index in [9.17, 15) is 4.79 Å². The molecule has 4 aromatic rings. The minimum Gasteiger partial charge on any atom is -0.464 e. The molecule has 0 unspecified atom stereocenters. The lowest BCUT2D eigenvalue weighted by Gasteiger charge is -2.24. The lowest BCUT2D eigenvalue weighted by molar-refractivity contribution is 0.0884. The highest BCUT2D eigenvalue weighted by Gasteiger charge is 2.22. The molecule has 1 amide bonds. The Hall–Kier alpha value is -3.78. The minimum absolute atomic E-state index is 0.148. The molecule has 0 spiro atoms. The van der Waals surface area contributed by atoms with Crippen molar-refractivity contribution in [3.63, 3.8) is 0 Å². The van der Waals surface area contributed by atoms with Gasteiger partial charge in [0.2, 0.25) is 5.95 Å². The molecule has 8 heteroatoms. The molecule has 4 heterocycles. The first-order valence-corrected chi connectivity index (χ1v) is 10.1. The van der Waals surface area contributed by atoms with Crippen LogP contribution in [0.25, 0.3) is 22.2 Å². The molecule has 1 atom stereocenters. The molecule has 1 fully saturated rings. The highest BCUT2D eigenvalue weighted by atomic mass is 16.5. The zero-order valence-electron chi connectivity index (χ0n) is 16.8. The van der Waals surface area contributed by atoms with Crippen LogP contribution in [0.5, 0.6) is 0 Å². The third kappa shape index (κ3) is 4.10. The lowest BCUT2D eigenvalue weighted by atomic mass is 10.1. The van der Waals surface area contributed by atoms with E-state index in [0.29, 0.717) is 37.8 Å². The zero-order valence-corrected chi connectivity index (χ0v) is 16.8. The van der Waals surface area contributed by atoms with Crippen LogP contribution in [0.4, 0.5) is 5.95 Å². The summed E-state index contributed by atoms with van der Waals surface area (Å²) < 4.78 is 11.1. The first kappa shape index (κ1) is 19.2. The molecule has 1 aromatic carbocycles. The van der Waals surface area contributed by atoms with Gasteiger partial charge in [-0.1, -0.05) is 12.1 Å². The summed E-state index contributed by atoms with van der Waals surface area (Å²) in [4.78, 5) is 27.9. The third-order valence-corrected chi connectivity index (χ3v) is 5.24. The second kappa shape index (κ2) is 8.53. The van der Waals surface area contributed by atoms with Crippen molar-refractivity contribution >= 4 is 22.8 Å². The molecule has 8 nitrogen and oxygen atoms in total. The van der Waals surface area contributed by atoms with E-state index in [1.807, 2.05) is 29.2 Å². The fourth-order valence-corrected chi connectivity index (χ4v) is 3.71. The van der Waals surface area contributed by atoms with Crippen molar-refractivity contribution < 1.29 is 13.9 Å². The number of furan rings is 1. The molecule has 1 aliphatic heterocycles. The second-order valence-corrected chi connectivity index (χ2v) is 7.31. The van der Waals surface area contributed by atoms with Crippen LogP contribution >= 0.6 is 0 Å². The van der Waals surface area contributed by atoms with Gasteiger partial charge in [0.1, 0.15) is 5.58 Å². The van der Waals surface area contributed by atoms with Gasteiger partial charge < -0.3 is 19.4 Å². The minimum atomic E-state index is -0.167. The summed E-state index contributed by atoms with van der Waals surface area (Å²) in [6.45, 7) is 2.27. The number of amides is 1. The maximum atomic E-state index is 12.8. The van der Waals surface area contributed by atoms with Gasteiger partial charge in [-0.15, -0.1) is 0 Å². The molecule has 31 heavy (non-hydrogen) atoms. The van der Waals surface area contributed by atoms with Crippen molar-refractivity contribution in [1.82, 2.24) is 20.3 Å². The van der Waals surface area contributed by atoms with E-state index in [0.717, 1.165) is 22.2 Å². The van der Waals surface area contributed by atoms with Gasteiger partial charge in [0.05, 0.1) is 31.2 Å². The number of anilines is 1. The van der Waals surface area contributed by atoms with Crippen LogP contribution in [0, 0.1) is 0 Å². The summed E-state index contributed by atoms with van der Waals surface area (Å²) >= 11 is 0. The molecule has 5 rings (SSSR count). The molecule has 1 saturated heterocycles. The van der Waals surface area contributed by atoms with Crippen molar-refractivity contribution in [2.24, 2.45) is 0 Å². The maximum absolute atomic E-state index is 12.8. The fraction of sp³-hybridized carbons (Fsp3) is 0.217. The van der Waals surface area contributed by atoms with Crippen molar-refractivity contribution in [3.05, 3.63) is 72.9 Å². The van der Waals surface area contributed by atoms with E-state index >= 15 is 0 Å². The normalized spacial score (nSPS) is 16.8. The summed E-state index contributed by atoms with van der Waals surface area (Å²) in [5.74, 6) is 0.489. The predicted octanol–water partition coefficient (Wildman–Crippen LogP) is 2.92. The average molecular weight is 415 g/mol. The van der Waals surface area contributed by atoms with Crippen LogP contribution in [0.1, 0.15) is 10.4 Å².